The monoisotopic (exact) mass is 252 g/mol. The van der Waals surface area contributed by atoms with Crippen molar-refractivity contribution in [3.8, 4) is 11.1 Å². The summed E-state index contributed by atoms with van der Waals surface area (Å²) in [7, 11) is 0. The molecule has 0 saturated carbocycles. The highest BCUT2D eigenvalue weighted by molar-refractivity contribution is 5.76. The Morgan fingerprint density at radius 3 is 2.47 bits per heavy atom. The Kier molecular flexibility index (Phi) is 4.18. The van der Waals surface area contributed by atoms with Crippen molar-refractivity contribution in [3.05, 3.63) is 67.4 Å². The second-order valence-electron chi connectivity index (χ2n) is 3.63. The van der Waals surface area contributed by atoms with Gasteiger partial charge in [0.15, 0.2) is 0 Å². The molecule has 0 atom stereocenters. The first-order valence-corrected chi connectivity index (χ1v) is 5.69. The van der Waals surface area contributed by atoms with Crippen LogP contribution in [0.4, 0.5) is 10.5 Å². The van der Waals surface area contributed by atoms with Crippen LogP contribution in [0.25, 0.3) is 11.1 Å². The van der Waals surface area contributed by atoms with E-state index in [1.807, 2.05) is 48.5 Å². The van der Waals surface area contributed by atoms with Gasteiger partial charge in [0, 0.05) is 5.56 Å². The van der Waals surface area contributed by atoms with Gasteiger partial charge < -0.3 is 4.74 Å². The molecule has 0 aliphatic rings. The molecule has 0 fully saturated rings. The third-order valence-corrected chi connectivity index (χ3v) is 2.41. The standard InChI is InChI=1S/C15H12N2O2/c1-2-19-15(18)17-16-14-11-7-6-10-13(14)12-8-4-3-5-9-12/h2-11H,1H2. The van der Waals surface area contributed by atoms with Crippen molar-refractivity contribution < 1.29 is 9.53 Å². The fraction of sp³-hybridized carbons (Fsp3) is 0. The van der Waals surface area contributed by atoms with E-state index in [2.05, 4.69) is 21.5 Å². The summed E-state index contributed by atoms with van der Waals surface area (Å²) in [6.45, 7) is 3.28. The van der Waals surface area contributed by atoms with Crippen molar-refractivity contribution in [1.82, 2.24) is 0 Å². The highest BCUT2D eigenvalue weighted by Gasteiger charge is 2.04. The van der Waals surface area contributed by atoms with Crippen LogP contribution in [-0.4, -0.2) is 6.09 Å². The van der Waals surface area contributed by atoms with Crippen LogP contribution in [0.3, 0.4) is 0 Å². The number of amides is 1. The first-order chi connectivity index (χ1) is 9.31. The molecule has 0 N–H and O–H groups in total. The number of rotatable bonds is 3. The van der Waals surface area contributed by atoms with Crippen molar-refractivity contribution >= 4 is 11.8 Å². The minimum atomic E-state index is -0.794. The van der Waals surface area contributed by atoms with Crippen LogP contribution in [0.15, 0.2) is 77.7 Å². The molecule has 94 valence electrons. The van der Waals surface area contributed by atoms with Gasteiger partial charge in [-0.25, -0.2) is 4.79 Å². The van der Waals surface area contributed by atoms with Gasteiger partial charge in [0.05, 0.1) is 11.9 Å². The van der Waals surface area contributed by atoms with Gasteiger partial charge in [-0.15, -0.1) is 5.11 Å². The van der Waals surface area contributed by atoms with Gasteiger partial charge in [-0.3, -0.25) is 0 Å². The van der Waals surface area contributed by atoms with E-state index in [1.165, 1.54) is 0 Å². The predicted octanol–water partition coefficient (Wildman–Crippen LogP) is 4.72. The zero-order chi connectivity index (χ0) is 13.5. The zero-order valence-corrected chi connectivity index (χ0v) is 10.2. The van der Waals surface area contributed by atoms with E-state index in [0.29, 0.717) is 5.69 Å². The van der Waals surface area contributed by atoms with E-state index >= 15 is 0 Å². The van der Waals surface area contributed by atoms with Crippen molar-refractivity contribution in [1.29, 1.82) is 0 Å². The average Bonchev–Trinajstić information content (AvgIpc) is 2.47. The minimum absolute atomic E-state index is 0.606. The van der Waals surface area contributed by atoms with Gasteiger partial charge in [-0.1, -0.05) is 60.2 Å². The molecule has 0 aliphatic carbocycles. The third kappa shape index (κ3) is 3.35. The van der Waals surface area contributed by atoms with E-state index in [1.54, 1.807) is 6.07 Å². The molecule has 1 amide bonds. The number of benzene rings is 2. The highest BCUT2D eigenvalue weighted by atomic mass is 16.5. The van der Waals surface area contributed by atoms with Crippen LogP contribution in [0.2, 0.25) is 0 Å². The molecule has 4 heteroatoms. The number of carbonyl (C=O) groups excluding carboxylic acids is 1. The molecule has 0 aromatic heterocycles. The minimum Gasteiger partial charge on any atom is -0.416 e. The number of hydrogen-bond donors (Lipinski definition) is 0. The van der Waals surface area contributed by atoms with Crippen LogP contribution >= 0.6 is 0 Å². The lowest BCUT2D eigenvalue weighted by atomic mass is 10.0. The van der Waals surface area contributed by atoms with Gasteiger partial charge >= 0.3 is 6.09 Å². The fourth-order valence-corrected chi connectivity index (χ4v) is 1.61. The Morgan fingerprint density at radius 2 is 1.74 bits per heavy atom. The van der Waals surface area contributed by atoms with Gasteiger partial charge in [0.25, 0.3) is 0 Å². The summed E-state index contributed by atoms with van der Waals surface area (Å²) in [4.78, 5) is 11.1. The predicted molar refractivity (Wildman–Crippen MR) is 73.1 cm³/mol. The second kappa shape index (κ2) is 6.26. The average molecular weight is 252 g/mol. The van der Waals surface area contributed by atoms with Crippen molar-refractivity contribution in [2.24, 2.45) is 10.2 Å². The molecule has 0 aliphatic heterocycles. The van der Waals surface area contributed by atoms with Gasteiger partial charge in [0.2, 0.25) is 0 Å². The maximum Gasteiger partial charge on any atom is 0.457 e. The maximum absolute atomic E-state index is 11.1. The molecule has 19 heavy (non-hydrogen) atoms. The van der Waals surface area contributed by atoms with E-state index < -0.39 is 6.09 Å². The van der Waals surface area contributed by atoms with Gasteiger partial charge in [0.1, 0.15) is 0 Å². The second-order valence-corrected chi connectivity index (χ2v) is 3.63. The summed E-state index contributed by atoms with van der Waals surface area (Å²) in [5.74, 6) is 0. The Balaban J connectivity index is 2.32. The molecular weight excluding hydrogens is 240 g/mol. The number of hydrogen-bond acceptors (Lipinski definition) is 3. The van der Waals surface area contributed by atoms with Crippen molar-refractivity contribution in [2.75, 3.05) is 0 Å². The lowest BCUT2D eigenvalue weighted by Crippen LogP contribution is -1.88. The molecule has 4 nitrogen and oxygen atoms in total. The third-order valence-electron chi connectivity index (χ3n) is 2.41. The number of nitrogens with zero attached hydrogens (tertiary/aromatic N) is 2. The van der Waals surface area contributed by atoms with E-state index in [9.17, 15) is 4.79 Å². The van der Waals surface area contributed by atoms with E-state index in [4.69, 9.17) is 0 Å². The first-order valence-electron chi connectivity index (χ1n) is 5.69. The van der Waals surface area contributed by atoms with Gasteiger partial charge in [-0.2, -0.15) is 0 Å². The molecule has 0 heterocycles. The maximum atomic E-state index is 11.1. The number of carbonyl (C=O) groups is 1. The van der Waals surface area contributed by atoms with Gasteiger partial charge in [-0.05, 0) is 11.6 Å². The first kappa shape index (κ1) is 12.7. The lowest BCUT2D eigenvalue weighted by molar-refractivity contribution is 0.195. The van der Waals surface area contributed by atoms with Crippen LogP contribution in [0.1, 0.15) is 0 Å². The Bertz CT molecular complexity index is 607. The Hall–Kier alpha value is -2.75. The van der Waals surface area contributed by atoms with Crippen LogP contribution in [0, 0.1) is 0 Å². The molecule has 0 saturated heterocycles. The molecule has 0 spiro atoms. The zero-order valence-electron chi connectivity index (χ0n) is 10.2. The summed E-state index contributed by atoms with van der Waals surface area (Å²) >= 11 is 0. The fourth-order valence-electron chi connectivity index (χ4n) is 1.61. The SMILES string of the molecule is C=COC(=O)N=Nc1ccccc1-c1ccccc1. The molecular formula is C15H12N2O2. The summed E-state index contributed by atoms with van der Waals surface area (Å²) < 4.78 is 4.47. The van der Waals surface area contributed by atoms with Crippen LogP contribution in [0.5, 0.6) is 0 Å². The Labute approximate surface area is 111 Å². The molecule has 0 unspecified atom stereocenters. The smallest absolute Gasteiger partial charge is 0.416 e. The molecule has 0 radical (unpaired) electrons. The summed E-state index contributed by atoms with van der Waals surface area (Å²) in [5.41, 5.74) is 2.52. The quantitative estimate of drug-likeness (QED) is 0.586. The lowest BCUT2D eigenvalue weighted by Gasteiger charge is -2.04. The van der Waals surface area contributed by atoms with E-state index in [-0.39, 0.29) is 0 Å². The normalized spacial score (nSPS) is 10.3. The molecule has 0 bridgehead atoms. The topological polar surface area (TPSA) is 51.0 Å². The van der Waals surface area contributed by atoms with Crippen LogP contribution in [-0.2, 0) is 4.74 Å². The Morgan fingerprint density at radius 1 is 1.05 bits per heavy atom. The summed E-state index contributed by atoms with van der Waals surface area (Å²) in [6, 6.07) is 17.2. The number of azo groups is 1. The van der Waals surface area contributed by atoms with Crippen molar-refractivity contribution in [3.63, 3.8) is 0 Å². The van der Waals surface area contributed by atoms with Crippen molar-refractivity contribution in [2.45, 2.75) is 0 Å². The largest absolute Gasteiger partial charge is 0.457 e. The number of ether oxygens (including phenoxy) is 1. The molecule has 2 aromatic carbocycles. The van der Waals surface area contributed by atoms with E-state index in [0.717, 1.165) is 17.4 Å². The summed E-state index contributed by atoms with van der Waals surface area (Å²) in [5, 5.41) is 7.37. The highest BCUT2D eigenvalue weighted by Crippen LogP contribution is 2.29. The molecule has 2 aromatic rings. The molecule has 2 rings (SSSR count). The summed E-state index contributed by atoms with van der Waals surface area (Å²) in [6.07, 6.45) is 0.225. The van der Waals surface area contributed by atoms with Crippen LogP contribution < -0.4 is 0 Å².